The van der Waals surface area contributed by atoms with E-state index in [2.05, 4.69) is 5.32 Å². The topological polar surface area (TPSA) is 78.7 Å². The minimum Gasteiger partial charge on any atom is -0.341 e. The van der Waals surface area contributed by atoms with Gasteiger partial charge in [0.15, 0.2) is 0 Å². The third-order valence-electron chi connectivity index (χ3n) is 6.18. The average Bonchev–Trinajstić information content (AvgIpc) is 3.19. The number of carbonyl (C=O) groups is 2. The lowest BCUT2D eigenvalue weighted by molar-refractivity contribution is -0.136. The highest BCUT2D eigenvalue weighted by Gasteiger charge is 2.31. The van der Waals surface area contributed by atoms with Crippen LogP contribution in [0.4, 0.5) is 14.9 Å². The van der Waals surface area contributed by atoms with Gasteiger partial charge < -0.3 is 20.9 Å². The Kier molecular flexibility index (Phi) is 5.71. The van der Waals surface area contributed by atoms with Crippen LogP contribution in [0.1, 0.15) is 49.3 Å². The minimum absolute atomic E-state index is 0.00652. The molecule has 2 heterocycles. The first-order valence-corrected chi connectivity index (χ1v) is 10.7. The second-order valence-corrected chi connectivity index (χ2v) is 9.07. The van der Waals surface area contributed by atoms with E-state index >= 15 is 0 Å². The van der Waals surface area contributed by atoms with Gasteiger partial charge in [-0.3, -0.25) is 4.79 Å². The lowest BCUT2D eigenvalue weighted by atomic mass is 9.88. The number of carbonyl (C=O) groups excluding carboxylic acids is 2. The van der Waals surface area contributed by atoms with Crippen LogP contribution in [0.5, 0.6) is 0 Å². The maximum absolute atomic E-state index is 13.9. The van der Waals surface area contributed by atoms with Crippen LogP contribution in [0, 0.1) is 5.82 Å². The maximum atomic E-state index is 13.9. The zero-order valence-electron chi connectivity index (χ0n) is 18.0. The molecule has 2 aromatic rings. The molecule has 7 heteroatoms. The highest BCUT2D eigenvalue weighted by atomic mass is 19.1. The van der Waals surface area contributed by atoms with E-state index in [0.717, 1.165) is 18.4 Å². The molecule has 2 aliphatic rings. The molecule has 3 amide bonds. The molecular weight excluding hydrogens is 395 g/mol. The summed E-state index contributed by atoms with van der Waals surface area (Å²) in [7, 11) is 0. The fraction of sp³-hybridized carbons (Fsp3) is 0.417. The van der Waals surface area contributed by atoms with Gasteiger partial charge in [0.2, 0.25) is 5.91 Å². The number of nitrogens with zero attached hydrogens (tertiary/aromatic N) is 2. The van der Waals surface area contributed by atoms with Crippen molar-refractivity contribution in [3.05, 3.63) is 65.0 Å². The maximum Gasteiger partial charge on any atom is 0.322 e. The summed E-state index contributed by atoms with van der Waals surface area (Å²) >= 11 is 0. The van der Waals surface area contributed by atoms with Crippen molar-refractivity contribution in [2.24, 2.45) is 5.73 Å². The molecule has 0 unspecified atom stereocenters. The van der Waals surface area contributed by atoms with E-state index in [-0.39, 0.29) is 24.3 Å². The summed E-state index contributed by atoms with van der Waals surface area (Å²) in [5.74, 6) is 0.110. The van der Waals surface area contributed by atoms with Crippen LogP contribution in [0.15, 0.2) is 42.5 Å². The first-order chi connectivity index (χ1) is 14.7. The Hall–Kier alpha value is -2.93. The number of benzene rings is 2. The second kappa shape index (κ2) is 8.30. The van der Waals surface area contributed by atoms with Crippen LogP contribution in [-0.4, -0.2) is 40.4 Å². The molecule has 164 valence electrons. The number of likely N-dealkylation sites (tertiary alicyclic amines) is 1. The van der Waals surface area contributed by atoms with Crippen LogP contribution in [0.25, 0.3) is 0 Å². The van der Waals surface area contributed by atoms with E-state index in [1.165, 1.54) is 11.6 Å². The van der Waals surface area contributed by atoms with Crippen LogP contribution in [0.2, 0.25) is 0 Å². The molecule has 0 spiro atoms. The molecule has 2 aromatic carbocycles. The Morgan fingerprint density at radius 1 is 1.03 bits per heavy atom. The predicted molar refractivity (Wildman–Crippen MR) is 118 cm³/mol. The molecule has 31 heavy (non-hydrogen) atoms. The van der Waals surface area contributed by atoms with Gasteiger partial charge in [0.05, 0.1) is 12.1 Å². The van der Waals surface area contributed by atoms with Crippen LogP contribution in [-0.2, 0) is 17.9 Å². The number of urea groups is 1. The van der Waals surface area contributed by atoms with Gasteiger partial charge in [-0.25, -0.2) is 9.18 Å². The van der Waals surface area contributed by atoms with E-state index < -0.39 is 5.54 Å². The quantitative estimate of drug-likeness (QED) is 0.786. The molecule has 0 aliphatic carbocycles. The number of rotatable bonds is 3. The Bertz CT molecular complexity index is 976. The molecule has 1 fully saturated rings. The molecule has 0 radical (unpaired) electrons. The van der Waals surface area contributed by atoms with Crippen molar-refractivity contribution in [1.82, 2.24) is 9.80 Å². The lowest BCUT2D eigenvalue weighted by Crippen LogP contribution is -2.53. The van der Waals surface area contributed by atoms with Crippen molar-refractivity contribution in [3.63, 3.8) is 0 Å². The number of fused-ring (bicyclic) bond motifs is 1. The summed E-state index contributed by atoms with van der Waals surface area (Å²) < 4.78 is 13.9. The summed E-state index contributed by atoms with van der Waals surface area (Å²) in [6, 6.07) is 12.6. The summed E-state index contributed by atoms with van der Waals surface area (Å²) in [5, 5.41) is 2.90. The van der Waals surface area contributed by atoms with Crippen molar-refractivity contribution in [2.75, 3.05) is 18.4 Å². The molecule has 4 rings (SSSR count). The Labute approximate surface area is 182 Å². The van der Waals surface area contributed by atoms with Crippen LogP contribution >= 0.6 is 0 Å². The highest BCUT2D eigenvalue weighted by Crippen LogP contribution is 2.30. The number of nitrogens with one attached hydrogen (secondary N) is 1. The van der Waals surface area contributed by atoms with Crippen molar-refractivity contribution in [1.29, 1.82) is 0 Å². The number of piperidine rings is 1. The fourth-order valence-electron chi connectivity index (χ4n) is 4.39. The molecule has 0 saturated carbocycles. The van der Waals surface area contributed by atoms with Crippen molar-refractivity contribution in [2.45, 2.75) is 51.2 Å². The van der Waals surface area contributed by atoms with Crippen LogP contribution < -0.4 is 11.1 Å². The number of hydrogen-bond acceptors (Lipinski definition) is 3. The molecular formula is C24H29FN4O2. The minimum atomic E-state index is -0.838. The van der Waals surface area contributed by atoms with E-state index in [0.29, 0.717) is 36.8 Å². The number of nitrogens with two attached hydrogens (primary N) is 1. The van der Waals surface area contributed by atoms with Gasteiger partial charge in [0, 0.05) is 30.9 Å². The first kappa shape index (κ1) is 21.3. The molecule has 0 atom stereocenters. The zero-order chi connectivity index (χ0) is 22.2. The normalized spacial score (nSPS) is 16.9. The number of amides is 3. The predicted octanol–water partition coefficient (Wildman–Crippen LogP) is 3.82. The summed E-state index contributed by atoms with van der Waals surface area (Å²) in [4.78, 5) is 28.4. The van der Waals surface area contributed by atoms with E-state index in [9.17, 15) is 14.0 Å². The van der Waals surface area contributed by atoms with Gasteiger partial charge in [-0.2, -0.15) is 0 Å². The van der Waals surface area contributed by atoms with Gasteiger partial charge in [-0.1, -0.05) is 24.3 Å². The van der Waals surface area contributed by atoms with Gasteiger partial charge in [-0.05, 0) is 61.9 Å². The standard InChI is InChI=1S/C24H29FN4O2/c1-24(2,26)22(30)28-12-10-17(11-13-28)16-6-8-19(9-7-16)27-23(31)29-14-18-4-3-5-21(25)20(18)15-29/h3-9,17H,10-15,26H2,1-2H3,(H,27,31). The Morgan fingerprint density at radius 3 is 2.32 bits per heavy atom. The van der Waals surface area contributed by atoms with E-state index in [1.54, 1.807) is 24.8 Å². The van der Waals surface area contributed by atoms with Crippen molar-refractivity contribution >= 4 is 17.6 Å². The zero-order valence-corrected chi connectivity index (χ0v) is 18.0. The SMILES string of the molecule is CC(C)(N)C(=O)N1CCC(c2ccc(NC(=O)N3Cc4cccc(F)c4C3)cc2)CC1. The number of halogens is 1. The van der Waals surface area contributed by atoms with Gasteiger partial charge in [-0.15, -0.1) is 0 Å². The fourth-order valence-corrected chi connectivity index (χ4v) is 4.39. The van der Waals surface area contributed by atoms with Crippen molar-refractivity contribution in [3.8, 4) is 0 Å². The summed E-state index contributed by atoms with van der Waals surface area (Å²) in [6.07, 6.45) is 1.79. The lowest BCUT2D eigenvalue weighted by Gasteiger charge is -2.35. The van der Waals surface area contributed by atoms with Gasteiger partial charge >= 0.3 is 6.03 Å². The molecule has 2 aliphatic heterocycles. The average molecular weight is 425 g/mol. The monoisotopic (exact) mass is 424 g/mol. The highest BCUT2D eigenvalue weighted by molar-refractivity contribution is 5.89. The first-order valence-electron chi connectivity index (χ1n) is 10.7. The third kappa shape index (κ3) is 4.56. The van der Waals surface area contributed by atoms with Crippen molar-refractivity contribution < 1.29 is 14.0 Å². The number of hydrogen-bond donors (Lipinski definition) is 2. The largest absolute Gasteiger partial charge is 0.341 e. The molecule has 0 bridgehead atoms. The molecule has 6 nitrogen and oxygen atoms in total. The van der Waals surface area contributed by atoms with Gasteiger partial charge in [0.25, 0.3) is 0 Å². The summed E-state index contributed by atoms with van der Waals surface area (Å²) in [5.41, 5.74) is 8.46. The van der Waals surface area contributed by atoms with E-state index in [4.69, 9.17) is 5.73 Å². The Morgan fingerprint density at radius 2 is 1.71 bits per heavy atom. The van der Waals surface area contributed by atoms with E-state index in [1.807, 2.05) is 35.2 Å². The third-order valence-corrected chi connectivity index (χ3v) is 6.18. The smallest absolute Gasteiger partial charge is 0.322 e. The Balaban J connectivity index is 1.32. The molecule has 0 aromatic heterocycles. The van der Waals surface area contributed by atoms with Gasteiger partial charge in [0.1, 0.15) is 5.82 Å². The van der Waals surface area contributed by atoms with Crippen LogP contribution in [0.3, 0.4) is 0 Å². The molecule has 3 N–H and O–H groups in total. The number of anilines is 1. The summed E-state index contributed by atoms with van der Waals surface area (Å²) in [6.45, 7) is 5.58. The molecule has 1 saturated heterocycles. The second-order valence-electron chi connectivity index (χ2n) is 9.07.